The fourth-order valence-electron chi connectivity index (χ4n) is 2.26. The minimum Gasteiger partial charge on any atom is -0.480 e. The molecule has 1 fully saturated rings. The van der Waals surface area contributed by atoms with Crippen molar-refractivity contribution in [3.05, 3.63) is 39.7 Å². The van der Waals surface area contributed by atoms with Gasteiger partial charge in [0.1, 0.15) is 17.4 Å². The molecule has 1 atom stereocenters. The Hall–Kier alpha value is -2.51. The fraction of sp³-hybridized carbons (Fsp3) is 0.333. The van der Waals surface area contributed by atoms with Crippen molar-refractivity contribution in [1.82, 2.24) is 4.90 Å². The summed E-state index contributed by atoms with van der Waals surface area (Å²) in [7, 11) is 0. The second kappa shape index (κ2) is 5.24. The van der Waals surface area contributed by atoms with Crippen LogP contribution in [0, 0.1) is 15.9 Å². The molecule has 1 saturated heterocycles. The molecule has 1 aliphatic rings. The minimum absolute atomic E-state index is 0.184. The molecule has 0 aliphatic carbocycles. The van der Waals surface area contributed by atoms with Gasteiger partial charge in [-0.2, -0.15) is 0 Å². The number of carboxylic acid groups (broad SMARTS) is 1. The third-order valence-electron chi connectivity index (χ3n) is 3.18. The molecule has 0 spiro atoms. The number of halogens is 1. The van der Waals surface area contributed by atoms with Crippen LogP contribution in [-0.4, -0.2) is 39.4 Å². The van der Waals surface area contributed by atoms with E-state index in [2.05, 4.69) is 0 Å². The van der Waals surface area contributed by atoms with Crippen LogP contribution in [0.4, 0.5) is 10.1 Å². The summed E-state index contributed by atoms with van der Waals surface area (Å²) in [5, 5.41) is 19.9. The maximum Gasteiger partial charge on any atom is 0.326 e. The zero-order valence-corrected chi connectivity index (χ0v) is 10.3. The lowest BCUT2D eigenvalue weighted by molar-refractivity contribution is -0.385. The predicted molar refractivity (Wildman–Crippen MR) is 64.7 cm³/mol. The van der Waals surface area contributed by atoms with Crippen LogP contribution in [0.2, 0.25) is 0 Å². The van der Waals surface area contributed by atoms with E-state index in [0.29, 0.717) is 6.42 Å². The lowest BCUT2D eigenvalue weighted by Crippen LogP contribution is -2.40. The van der Waals surface area contributed by atoms with Crippen molar-refractivity contribution < 1.29 is 24.0 Å². The molecule has 0 bridgehead atoms. The van der Waals surface area contributed by atoms with E-state index in [0.717, 1.165) is 23.1 Å². The van der Waals surface area contributed by atoms with Crippen LogP contribution in [0.25, 0.3) is 0 Å². The summed E-state index contributed by atoms with van der Waals surface area (Å²) >= 11 is 0. The Kier molecular flexibility index (Phi) is 3.64. The van der Waals surface area contributed by atoms with Crippen LogP contribution < -0.4 is 0 Å². The van der Waals surface area contributed by atoms with Gasteiger partial charge >= 0.3 is 5.97 Å². The van der Waals surface area contributed by atoms with Crippen molar-refractivity contribution in [1.29, 1.82) is 0 Å². The first kappa shape index (κ1) is 13.9. The van der Waals surface area contributed by atoms with E-state index >= 15 is 0 Å². The molecule has 2 rings (SSSR count). The first-order chi connectivity index (χ1) is 9.41. The Balaban J connectivity index is 2.40. The van der Waals surface area contributed by atoms with Crippen molar-refractivity contribution in [2.75, 3.05) is 6.54 Å². The first-order valence-electron chi connectivity index (χ1n) is 5.89. The number of likely N-dealkylation sites (tertiary alicyclic amines) is 1. The van der Waals surface area contributed by atoms with Crippen LogP contribution >= 0.6 is 0 Å². The lowest BCUT2D eigenvalue weighted by Gasteiger charge is -2.21. The summed E-state index contributed by atoms with van der Waals surface area (Å²) in [6, 6.07) is 1.52. The molecule has 0 saturated carbocycles. The second-order valence-electron chi connectivity index (χ2n) is 4.41. The summed E-state index contributed by atoms with van der Waals surface area (Å²) in [6.07, 6.45) is 0.774. The van der Waals surface area contributed by atoms with Gasteiger partial charge in [0.2, 0.25) is 0 Å². The van der Waals surface area contributed by atoms with Gasteiger partial charge in [-0.05, 0) is 25.0 Å². The largest absolute Gasteiger partial charge is 0.480 e. The van der Waals surface area contributed by atoms with E-state index in [1.54, 1.807) is 0 Å². The van der Waals surface area contributed by atoms with Crippen molar-refractivity contribution in [3.8, 4) is 0 Å². The molecular weight excluding hydrogens is 271 g/mol. The van der Waals surface area contributed by atoms with Gasteiger partial charge in [-0.1, -0.05) is 0 Å². The quantitative estimate of drug-likeness (QED) is 0.667. The minimum atomic E-state index is -1.17. The van der Waals surface area contributed by atoms with E-state index in [4.69, 9.17) is 5.11 Å². The molecule has 1 N–H and O–H groups in total. The average molecular weight is 282 g/mol. The molecule has 1 aromatic rings. The molecule has 0 unspecified atom stereocenters. The second-order valence-corrected chi connectivity index (χ2v) is 4.41. The molecule has 1 aliphatic heterocycles. The third kappa shape index (κ3) is 2.44. The maximum absolute atomic E-state index is 13.2. The Labute approximate surface area is 112 Å². The number of rotatable bonds is 3. The van der Waals surface area contributed by atoms with Crippen molar-refractivity contribution in [2.24, 2.45) is 0 Å². The molecule has 20 heavy (non-hydrogen) atoms. The molecule has 8 heteroatoms. The summed E-state index contributed by atoms with van der Waals surface area (Å²) in [6.45, 7) is 0.184. The van der Waals surface area contributed by atoms with E-state index in [-0.39, 0.29) is 13.0 Å². The van der Waals surface area contributed by atoms with Gasteiger partial charge in [0.25, 0.3) is 11.6 Å². The zero-order chi connectivity index (χ0) is 14.9. The van der Waals surface area contributed by atoms with Crippen LogP contribution in [0.5, 0.6) is 0 Å². The monoisotopic (exact) mass is 282 g/mol. The summed E-state index contributed by atoms with van der Waals surface area (Å²) in [5.41, 5.74) is -0.962. The van der Waals surface area contributed by atoms with Crippen molar-refractivity contribution >= 4 is 17.6 Å². The molecule has 0 aromatic heterocycles. The number of amides is 1. The normalized spacial score (nSPS) is 18.1. The number of hydrogen-bond acceptors (Lipinski definition) is 4. The number of nitro benzene ring substituents is 1. The molecule has 1 heterocycles. The number of nitrogens with zero attached hydrogens (tertiary/aromatic N) is 2. The summed E-state index contributed by atoms with van der Waals surface area (Å²) in [4.78, 5) is 34.4. The molecular formula is C12H11FN2O5. The summed E-state index contributed by atoms with van der Waals surface area (Å²) < 4.78 is 13.2. The first-order valence-corrected chi connectivity index (χ1v) is 5.89. The van der Waals surface area contributed by atoms with Gasteiger partial charge in [0, 0.05) is 12.6 Å². The van der Waals surface area contributed by atoms with E-state index in [1.165, 1.54) is 0 Å². The van der Waals surface area contributed by atoms with Gasteiger partial charge in [0.15, 0.2) is 0 Å². The fourth-order valence-corrected chi connectivity index (χ4v) is 2.26. The van der Waals surface area contributed by atoms with Crippen LogP contribution in [0.15, 0.2) is 18.2 Å². The number of benzene rings is 1. The van der Waals surface area contributed by atoms with Gasteiger partial charge in [0.05, 0.1) is 4.92 Å². The van der Waals surface area contributed by atoms with Crippen LogP contribution in [-0.2, 0) is 4.79 Å². The highest BCUT2D eigenvalue weighted by atomic mass is 19.1. The molecule has 106 valence electrons. The molecule has 1 amide bonds. The Bertz CT molecular complexity index is 589. The molecule has 0 radical (unpaired) electrons. The van der Waals surface area contributed by atoms with Crippen LogP contribution in [0.1, 0.15) is 23.2 Å². The van der Waals surface area contributed by atoms with E-state index < -0.39 is 39.9 Å². The van der Waals surface area contributed by atoms with Gasteiger partial charge in [-0.25, -0.2) is 9.18 Å². The Morgan fingerprint density at radius 1 is 1.45 bits per heavy atom. The average Bonchev–Trinajstić information content (AvgIpc) is 2.86. The number of aliphatic carboxylic acids is 1. The SMILES string of the molecule is O=C(O)[C@H]1CCCN1C(=O)c1cc(F)ccc1[N+](=O)[O-]. The standard InChI is InChI=1S/C12H11FN2O5/c13-7-3-4-9(15(19)20)8(6-7)11(16)14-5-1-2-10(14)12(17)18/h3-4,6,10H,1-2,5H2,(H,17,18)/t10-/m1/s1. The highest BCUT2D eigenvalue weighted by Crippen LogP contribution is 2.26. The van der Waals surface area contributed by atoms with E-state index in [1.807, 2.05) is 0 Å². The number of carbonyl (C=O) groups excluding carboxylic acids is 1. The number of carbonyl (C=O) groups is 2. The number of hydrogen-bond donors (Lipinski definition) is 1. The van der Waals surface area contributed by atoms with Crippen molar-refractivity contribution in [2.45, 2.75) is 18.9 Å². The van der Waals surface area contributed by atoms with Crippen molar-refractivity contribution in [3.63, 3.8) is 0 Å². The number of nitro groups is 1. The van der Waals surface area contributed by atoms with E-state index in [9.17, 15) is 24.1 Å². The van der Waals surface area contributed by atoms with Gasteiger partial charge < -0.3 is 10.0 Å². The number of carboxylic acids is 1. The predicted octanol–water partition coefficient (Wildman–Crippen LogP) is 1.42. The Morgan fingerprint density at radius 2 is 2.15 bits per heavy atom. The zero-order valence-electron chi connectivity index (χ0n) is 10.3. The highest BCUT2D eigenvalue weighted by Gasteiger charge is 2.36. The Morgan fingerprint density at radius 3 is 2.75 bits per heavy atom. The third-order valence-corrected chi connectivity index (χ3v) is 3.18. The smallest absolute Gasteiger partial charge is 0.326 e. The lowest BCUT2D eigenvalue weighted by atomic mass is 10.1. The van der Waals surface area contributed by atoms with Crippen LogP contribution in [0.3, 0.4) is 0 Å². The molecule has 1 aromatic carbocycles. The maximum atomic E-state index is 13.2. The summed E-state index contributed by atoms with van der Waals surface area (Å²) in [5.74, 6) is -2.79. The topological polar surface area (TPSA) is 101 Å². The van der Waals surface area contributed by atoms with Gasteiger partial charge in [-0.15, -0.1) is 0 Å². The highest BCUT2D eigenvalue weighted by molar-refractivity contribution is 6.00. The molecule has 7 nitrogen and oxygen atoms in total. The van der Waals surface area contributed by atoms with Gasteiger partial charge in [-0.3, -0.25) is 14.9 Å².